The van der Waals surface area contributed by atoms with E-state index in [1.807, 2.05) is 25.1 Å². The van der Waals surface area contributed by atoms with Crippen molar-refractivity contribution in [3.63, 3.8) is 0 Å². The third kappa shape index (κ3) is 6.69. The number of halogens is 3. The lowest BCUT2D eigenvalue weighted by molar-refractivity contribution is -0.274. The molecule has 0 aliphatic carbocycles. The largest absolute Gasteiger partial charge is 0.573 e. The molecular formula is C21H17F3N2O2. The Balaban J connectivity index is 2.12. The Labute approximate surface area is 160 Å². The number of benzene rings is 2. The SMILES string of the molecule is CC(=O)NC(C)Cc1ccc(C#Cc2ccc(OC(F)(F)F)cc2C#N)cc1. The summed E-state index contributed by atoms with van der Waals surface area (Å²) in [4.78, 5) is 11.0. The van der Waals surface area contributed by atoms with Gasteiger partial charge in [0.2, 0.25) is 5.91 Å². The lowest BCUT2D eigenvalue weighted by Crippen LogP contribution is -2.31. The lowest BCUT2D eigenvalue weighted by Gasteiger charge is -2.12. The van der Waals surface area contributed by atoms with Crippen molar-refractivity contribution in [2.24, 2.45) is 0 Å². The number of nitriles is 1. The molecule has 0 bridgehead atoms. The second-order valence-electron chi connectivity index (χ2n) is 6.12. The normalized spacial score (nSPS) is 11.6. The Morgan fingerprint density at radius 1 is 1.14 bits per heavy atom. The van der Waals surface area contributed by atoms with E-state index in [-0.39, 0.29) is 17.5 Å². The number of nitrogens with zero attached hydrogens (tertiary/aromatic N) is 1. The van der Waals surface area contributed by atoms with Crippen molar-refractivity contribution in [1.29, 1.82) is 5.26 Å². The van der Waals surface area contributed by atoms with Crippen LogP contribution in [-0.4, -0.2) is 18.3 Å². The zero-order valence-corrected chi connectivity index (χ0v) is 15.2. The number of carbonyl (C=O) groups is 1. The van der Waals surface area contributed by atoms with Gasteiger partial charge in [-0.05, 0) is 49.2 Å². The number of amides is 1. The van der Waals surface area contributed by atoms with E-state index < -0.39 is 12.1 Å². The summed E-state index contributed by atoms with van der Waals surface area (Å²) in [5, 5.41) is 11.9. The van der Waals surface area contributed by atoms with Gasteiger partial charge in [0.15, 0.2) is 0 Å². The third-order valence-electron chi connectivity index (χ3n) is 3.63. The van der Waals surface area contributed by atoms with E-state index in [2.05, 4.69) is 21.9 Å². The third-order valence-corrected chi connectivity index (χ3v) is 3.63. The molecule has 2 aromatic carbocycles. The Hall–Kier alpha value is -3.45. The van der Waals surface area contributed by atoms with Crippen LogP contribution < -0.4 is 10.1 Å². The van der Waals surface area contributed by atoms with Gasteiger partial charge >= 0.3 is 6.36 Å². The first-order chi connectivity index (χ1) is 13.2. The molecule has 2 rings (SSSR count). The number of hydrogen-bond acceptors (Lipinski definition) is 3. The predicted octanol–water partition coefficient (Wildman–Crippen LogP) is 3.92. The van der Waals surface area contributed by atoms with Crippen LogP contribution in [0.15, 0.2) is 42.5 Å². The van der Waals surface area contributed by atoms with Gasteiger partial charge in [-0.15, -0.1) is 13.2 Å². The van der Waals surface area contributed by atoms with Crippen LogP contribution in [0.2, 0.25) is 0 Å². The molecule has 0 fully saturated rings. The Bertz CT molecular complexity index is 949. The van der Waals surface area contributed by atoms with E-state index >= 15 is 0 Å². The van der Waals surface area contributed by atoms with Crippen LogP contribution in [0.5, 0.6) is 5.75 Å². The molecule has 1 N–H and O–H groups in total. The smallest absolute Gasteiger partial charge is 0.406 e. The van der Waals surface area contributed by atoms with Crippen LogP contribution >= 0.6 is 0 Å². The summed E-state index contributed by atoms with van der Waals surface area (Å²) in [6.45, 7) is 3.37. The summed E-state index contributed by atoms with van der Waals surface area (Å²) in [7, 11) is 0. The number of ether oxygens (including phenoxy) is 1. The van der Waals surface area contributed by atoms with Crippen LogP contribution in [-0.2, 0) is 11.2 Å². The molecule has 0 aliphatic heterocycles. The zero-order chi connectivity index (χ0) is 20.7. The van der Waals surface area contributed by atoms with Crippen molar-refractivity contribution in [3.05, 3.63) is 64.7 Å². The van der Waals surface area contributed by atoms with Crippen LogP contribution in [0.25, 0.3) is 0 Å². The van der Waals surface area contributed by atoms with Crippen LogP contribution in [0, 0.1) is 23.2 Å². The molecule has 1 amide bonds. The fourth-order valence-electron chi connectivity index (χ4n) is 2.54. The standard InChI is InChI=1S/C21H17F3N2O2/c1-14(26-15(2)27)11-17-5-3-16(4-6-17)7-8-18-9-10-20(12-19(18)13-25)28-21(22,23)24/h3-6,9-10,12,14H,11H2,1-2H3,(H,26,27). The minimum absolute atomic E-state index is 0.00463. The monoisotopic (exact) mass is 386 g/mol. The van der Waals surface area contributed by atoms with Gasteiger partial charge in [-0.1, -0.05) is 24.0 Å². The average molecular weight is 386 g/mol. The van der Waals surface area contributed by atoms with Gasteiger partial charge in [0, 0.05) is 24.1 Å². The molecule has 4 nitrogen and oxygen atoms in total. The van der Waals surface area contributed by atoms with E-state index in [4.69, 9.17) is 5.26 Å². The molecule has 144 valence electrons. The number of hydrogen-bond donors (Lipinski definition) is 1. The average Bonchev–Trinajstić information content (AvgIpc) is 2.59. The van der Waals surface area contributed by atoms with Gasteiger partial charge in [0.25, 0.3) is 0 Å². The highest BCUT2D eigenvalue weighted by atomic mass is 19.4. The molecular weight excluding hydrogens is 369 g/mol. The van der Waals surface area contributed by atoms with Gasteiger partial charge in [0.05, 0.1) is 5.56 Å². The molecule has 7 heteroatoms. The number of alkyl halides is 3. The van der Waals surface area contributed by atoms with E-state index in [0.29, 0.717) is 17.5 Å². The molecule has 0 heterocycles. The highest BCUT2D eigenvalue weighted by Gasteiger charge is 2.31. The van der Waals surface area contributed by atoms with Crippen molar-refractivity contribution in [2.75, 3.05) is 0 Å². The number of rotatable bonds is 4. The molecule has 1 atom stereocenters. The minimum Gasteiger partial charge on any atom is -0.406 e. The van der Waals surface area contributed by atoms with Crippen LogP contribution in [0.1, 0.15) is 36.1 Å². The molecule has 0 aliphatic rings. The van der Waals surface area contributed by atoms with E-state index in [0.717, 1.165) is 17.7 Å². The molecule has 2 aromatic rings. The fraction of sp³-hybridized carbons (Fsp3) is 0.238. The first kappa shape index (κ1) is 20.9. The van der Waals surface area contributed by atoms with Crippen LogP contribution in [0.4, 0.5) is 13.2 Å². The van der Waals surface area contributed by atoms with Crippen molar-refractivity contribution in [3.8, 4) is 23.7 Å². The summed E-state index contributed by atoms with van der Waals surface area (Å²) >= 11 is 0. The van der Waals surface area contributed by atoms with E-state index in [1.165, 1.54) is 13.0 Å². The topological polar surface area (TPSA) is 62.1 Å². The zero-order valence-electron chi connectivity index (χ0n) is 15.2. The minimum atomic E-state index is -4.82. The molecule has 0 saturated heterocycles. The van der Waals surface area contributed by atoms with Crippen molar-refractivity contribution < 1.29 is 22.7 Å². The second-order valence-corrected chi connectivity index (χ2v) is 6.12. The highest BCUT2D eigenvalue weighted by Crippen LogP contribution is 2.24. The van der Waals surface area contributed by atoms with Gasteiger partial charge in [-0.3, -0.25) is 4.79 Å². The lowest BCUT2D eigenvalue weighted by atomic mass is 10.0. The second kappa shape index (κ2) is 8.96. The van der Waals surface area contributed by atoms with Gasteiger partial charge in [-0.2, -0.15) is 5.26 Å². The number of carbonyl (C=O) groups excluding carboxylic acids is 1. The van der Waals surface area contributed by atoms with Gasteiger partial charge in [-0.25, -0.2) is 0 Å². The van der Waals surface area contributed by atoms with E-state index in [1.54, 1.807) is 12.1 Å². The quantitative estimate of drug-likeness (QED) is 0.810. The predicted molar refractivity (Wildman–Crippen MR) is 97.2 cm³/mol. The first-order valence-corrected chi connectivity index (χ1v) is 8.34. The molecule has 1 unspecified atom stereocenters. The maximum Gasteiger partial charge on any atom is 0.573 e. The summed E-state index contributed by atoms with van der Waals surface area (Å²) < 4.78 is 40.6. The van der Waals surface area contributed by atoms with Crippen molar-refractivity contribution in [2.45, 2.75) is 32.7 Å². The molecule has 0 saturated carbocycles. The van der Waals surface area contributed by atoms with E-state index in [9.17, 15) is 18.0 Å². The van der Waals surface area contributed by atoms with Gasteiger partial charge < -0.3 is 10.1 Å². The first-order valence-electron chi connectivity index (χ1n) is 8.34. The molecule has 0 spiro atoms. The Kier molecular flexibility index (Phi) is 6.68. The maximum absolute atomic E-state index is 12.3. The summed E-state index contributed by atoms with van der Waals surface area (Å²) in [6, 6.07) is 12.6. The Morgan fingerprint density at radius 2 is 1.82 bits per heavy atom. The van der Waals surface area contributed by atoms with Crippen LogP contribution in [0.3, 0.4) is 0 Å². The van der Waals surface area contributed by atoms with Gasteiger partial charge in [0.1, 0.15) is 11.8 Å². The fourth-order valence-corrected chi connectivity index (χ4v) is 2.54. The highest BCUT2D eigenvalue weighted by molar-refractivity contribution is 5.73. The summed E-state index contributed by atoms with van der Waals surface area (Å²) in [5.74, 6) is 5.12. The summed E-state index contributed by atoms with van der Waals surface area (Å²) in [5.41, 5.74) is 2.02. The number of nitrogens with one attached hydrogen (secondary N) is 1. The van der Waals surface area contributed by atoms with Crippen molar-refractivity contribution in [1.82, 2.24) is 5.32 Å². The Morgan fingerprint density at radius 3 is 2.39 bits per heavy atom. The summed E-state index contributed by atoms with van der Waals surface area (Å²) in [6.07, 6.45) is -4.15. The maximum atomic E-state index is 12.3. The molecule has 0 radical (unpaired) electrons. The molecule has 0 aromatic heterocycles. The molecule has 28 heavy (non-hydrogen) atoms. The van der Waals surface area contributed by atoms with Crippen molar-refractivity contribution >= 4 is 5.91 Å².